The Morgan fingerprint density at radius 1 is 1.17 bits per heavy atom. The lowest BCUT2D eigenvalue weighted by molar-refractivity contribution is -0.133. The molecule has 2 heterocycles. The van der Waals surface area contributed by atoms with Crippen molar-refractivity contribution in [2.24, 2.45) is 0 Å². The fourth-order valence-corrected chi connectivity index (χ4v) is 3.19. The van der Waals surface area contributed by atoms with Gasteiger partial charge in [0, 0.05) is 6.54 Å². The number of carbonyl (C=O) groups is 1. The van der Waals surface area contributed by atoms with Crippen LogP contribution in [0.1, 0.15) is 32.6 Å². The van der Waals surface area contributed by atoms with E-state index in [4.69, 9.17) is 9.47 Å². The first-order valence-electron chi connectivity index (χ1n) is 8.66. The molecule has 1 N–H and O–H groups in total. The van der Waals surface area contributed by atoms with Gasteiger partial charge in [-0.3, -0.25) is 4.79 Å². The second kappa shape index (κ2) is 9.14. The van der Waals surface area contributed by atoms with Crippen LogP contribution in [-0.2, 0) is 4.79 Å². The first-order valence-corrected chi connectivity index (χ1v) is 8.66. The molecule has 2 aliphatic heterocycles. The Morgan fingerprint density at radius 3 is 2.54 bits per heavy atom. The van der Waals surface area contributed by atoms with E-state index in [2.05, 4.69) is 10.2 Å². The standard InChI is InChI=1S/C18H26N2O3.ClH/c1-14-17(23-16-9-3-2-8-15(16)22-14)18(21)19-10-4-5-11-20-12-6-7-13-20;/h2-3,8-9,14,17H,4-7,10-13H2,1H3,(H,19,21);1H. The van der Waals surface area contributed by atoms with Gasteiger partial charge in [0.15, 0.2) is 11.5 Å². The monoisotopic (exact) mass is 354 g/mol. The number of likely N-dealkylation sites (tertiary alicyclic amines) is 1. The maximum absolute atomic E-state index is 12.3. The highest BCUT2D eigenvalue weighted by Gasteiger charge is 2.33. The minimum Gasteiger partial charge on any atom is -0.482 e. The Bertz CT molecular complexity index is 535. The number of para-hydroxylation sites is 2. The average Bonchev–Trinajstić information content (AvgIpc) is 3.07. The van der Waals surface area contributed by atoms with Gasteiger partial charge in [0.05, 0.1) is 0 Å². The molecular formula is C18H27ClN2O3. The van der Waals surface area contributed by atoms with Crippen molar-refractivity contribution in [1.82, 2.24) is 10.2 Å². The Morgan fingerprint density at radius 2 is 1.83 bits per heavy atom. The third-order valence-corrected chi connectivity index (χ3v) is 4.50. The lowest BCUT2D eigenvalue weighted by atomic mass is 10.1. The van der Waals surface area contributed by atoms with Gasteiger partial charge in [0.25, 0.3) is 5.91 Å². The molecule has 0 saturated carbocycles. The maximum Gasteiger partial charge on any atom is 0.265 e. The quantitative estimate of drug-likeness (QED) is 0.798. The van der Waals surface area contributed by atoms with Crippen LogP contribution in [0.2, 0.25) is 0 Å². The van der Waals surface area contributed by atoms with Crippen LogP contribution in [0.15, 0.2) is 24.3 Å². The number of ether oxygens (including phenoxy) is 2. The smallest absolute Gasteiger partial charge is 0.265 e. The van der Waals surface area contributed by atoms with Crippen LogP contribution in [0, 0.1) is 0 Å². The van der Waals surface area contributed by atoms with Gasteiger partial charge in [-0.05, 0) is 64.4 Å². The van der Waals surface area contributed by atoms with E-state index in [9.17, 15) is 4.79 Å². The van der Waals surface area contributed by atoms with E-state index in [1.807, 2.05) is 31.2 Å². The number of halogens is 1. The van der Waals surface area contributed by atoms with E-state index in [0.29, 0.717) is 18.0 Å². The van der Waals surface area contributed by atoms with Crippen LogP contribution < -0.4 is 14.8 Å². The zero-order valence-corrected chi connectivity index (χ0v) is 15.0. The Labute approximate surface area is 150 Å². The number of benzene rings is 1. The summed E-state index contributed by atoms with van der Waals surface area (Å²) in [7, 11) is 0. The molecule has 5 nitrogen and oxygen atoms in total. The molecular weight excluding hydrogens is 328 g/mol. The number of nitrogens with one attached hydrogen (secondary N) is 1. The summed E-state index contributed by atoms with van der Waals surface area (Å²) in [5.41, 5.74) is 0. The van der Waals surface area contributed by atoms with Gasteiger partial charge >= 0.3 is 0 Å². The molecule has 1 aromatic rings. The summed E-state index contributed by atoms with van der Waals surface area (Å²) in [4.78, 5) is 14.8. The number of nitrogens with zero attached hydrogens (tertiary/aromatic N) is 1. The molecule has 0 radical (unpaired) electrons. The highest BCUT2D eigenvalue weighted by molar-refractivity contribution is 5.85. The molecule has 0 spiro atoms. The highest BCUT2D eigenvalue weighted by atomic mass is 35.5. The van der Waals surface area contributed by atoms with Crippen molar-refractivity contribution in [3.63, 3.8) is 0 Å². The maximum atomic E-state index is 12.3. The minimum absolute atomic E-state index is 0. The van der Waals surface area contributed by atoms with E-state index in [0.717, 1.165) is 19.4 Å². The highest BCUT2D eigenvalue weighted by Crippen LogP contribution is 2.33. The fraction of sp³-hybridized carbons (Fsp3) is 0.611. The van der Waals surface area contributed by atoms with Crippen molar-refractivity contribution in [1.29, 1.82) is 0 Å². The van der Waals surface area contributed by atoms with E-state index >= 15 is 0 Å². The lowest BCUT2D eigenvalue weighted by Crippen LogP contribution is -2.49. The summed E-state index contributed by atoms with van der Waals surface area (Å²) in [5.74, 6) is 1.25. The Kier molecular flexibility index (Phi) is 7.18. The number of rotatable bonds is 6. The molecule has 134 valence electrons. The normalized spacial score (nSPS) is 22.7. The van der Waals surface area contributed by atoms with Crippen molar-refractivity contribution >= 4 is 18.3 Å². The molecule has 2 aliphatic rings. The Hall–Kier alpha value is -1.46. The second-order valence-corrected chi connectivity index (χ2v) is 6.36. The van der Waals surface area contributed by atoms with Crippen LogP contribution in [-0.4, -0.2) is 49.2 Å². The zero-order valence-electron chi connectivity index (χ0n) is 14.2. The molecule has 1 fully saturated rings. The summed E-state index contributed by atoms with van der Waals surface area (Å²) in [6.45, 7) is 6.17. The molecule has 1 aromatic carbocycles. The lowest BCUT2D eigenvalue weighted by Gasteiger charge is -2.31. The number of amides is 1. The van der Waals surface area contributed by atoms with E-state index in [-0.39, 0.29) is 24.4 Å². The molecule has 2 unspecified atom stereocenters. The SMILES string of the molecule is CC1Oc2ccccc2OC1C(=O)NCCCCN1CCCC1.Cl. The number of fused-ring (bicyclic) bond motifs is 1. The van der Waals surface area contributed by atoms with Crippen molar-refractivity contribution in [3.8, 4) is 11.5 Å². The van der Waals surface area contributed by atoms with Crippen LogP contribution in [0.5, 0.6) is 11.5 Å². The molecule has 1 amide bonds. The third kappa shape index (κ3) is 4.77. The topological polar surface area (TPSA) is 50.8 Å². The van der Waals surface area contributed by atoms with Crippen LogP contribution in [0.25, 0.3) is 0 Å². The van der Waals surface area contributed by atoms with Gasteiger partial charge in [-0.15, -0.1) is 12.4 Å². The molecule has 1 saturated heterocycles. The number of hydrogen-bond donors (Lipinski definition) is 1. The van der Waals surface area contributed by atoms with Crippen molar-refractivity contribution in [2.75, 3.05) is 26.2 Å². The van der Waals surface area contributed by atoms with Gasteiger partial charge in [0.2, 0.25) is 6.10 Å². The van der Waals surface area contributed by atoms with Crippen molar-refractivity contribution in [2.45, 2.75) is 44.8 Å². The first kappa shape index (κ1) is 18.9. The predicted molar refractivity (Wildman–Crippen MR) is 96.1 cm³/mol. The fourth-order valence-electron chi connectivity index (χ4n) is 3.19. The van der Waals surface area contributed by atoms with E-state index in [1.165, 1.54) is 25.9 Å². The van der Waals surface area contributed by atoms with Crippen molar-refractivity contribution < 1.29 is 14.3 Å². The van der Waals surface area contributed by atoms with Crippen molar-refractivity contribution in [3.05, 3.63) is 24.3 Å². The predicted octanol–water partition coefficient (Wildman–Crippen LogP) is 2.63. The van der Waals surface area contributed by atoms with Gasteiger partial charge in [-0.25, -0.2) is 0 Å². The molecule has 0 aliphatic carbocycles. The van der Waals surface area contributed by atoms with Gasteiger partial charge in [-0.2, -0.15) is 0 Å². The molecule has 6 heteroatoms. The molecule has 24 heavy (non-hydrogen) atoms. The average molecular weight is 355 g/mol. The molecule has 0 aromatic heterocycles. The largest absolute Gasteiger partial charge is 0.482 e. The summed E-state index contributed by atoms with van der Waals surface area (Å²) < 4.78 is 11.6. The number of carbonyl (C=O) groups excluding carboxylic acids is 1. The summed E-state index contributed by atoms with van der Waals surface area (Å²) in [6.07, 6.45) is 3.92. The second-order valence-electron chi connectivity index (χ2n) is 6.36. The molecule has 0 bridgehead atoms. The minimum atomic E-state index is -0.580. The summed E-state index contributed by atoms with van der Waals surface area (Å²) in [6, 6.07) is 7.47. The summed E-state index contributed by atoms with van der Waals surface area (Å²) >= 11 is 0. The van der Waals surface area contributed by atoms with Gasteiger partial charge < -0.3 is 19.7 Å². The zero-order chi connectivity index (χ0) is 16.1. The van der Waals surface area contributed by atoms with E-state index in [1.54, 1.807) is 0 Å². The third-order valence-electron chi connectivity index (χ3n) is 4.50. The number of hydrogen-bond acceptors (Lipinski definition) is 4. The van der Waals surface area contributed by atoms with Crippen LogP contribution in [0.4, 0.5) is 0 Å². The van der Waals surface area contributed by atoms with Gasteiger partial charge in [-0.1, -0.05) is 12.1 Å². The number of unbranched alkanes of at least 4 members (excludes halogenated alkanes) is 1. The first-order chi connectivity index (χ1) is 11.2. The Balaban J connectivity index is 0.00000208. The summed E-state index contributed by atoms with van der Waals surface area (Å²) in [5, 5.41) is 2.98. The molecule has 3 rings (SSSR count). The van der Waals surface area contributed by atoms with E-state index < -0.39 is 6.10 Å². The van der Waals surface area contributed by atoms with Crippen LogP contribution >= 0.6 is 12.4 Å². The molecule has 2 atom stereocenters. The van der Waals surface area contributed by atoms with Crippen LogP contribution in [0.3, 0.4) is 0 Å². The van der Waals surface area contributed by atoms with Gasteiger partial charge in [0.1, 0.15) is 6.10 Å².